The molecule has 0 aliphatic rings. The first-order chi connectivity index (χ1) is 16.9. The SMILES string of the molecule is Nc1c(C(=O)c2ccc(OC(F)F)cc2)sc(Nc2ccc(F)cc2)c1-c1nc2ccccc2s1. The molecule has 3 aromatic carbocycles. The van der Waals surface area contributed by atoms with Crippen LogP contribution >= 0.6 is 22.7 Å². The number of hydrogen-bond donors (Lipinski definition) is 2. The Morgan fingerprint density at radius 2 is 1.69 bits per heavy atom. The number of ketones is 1. The summed E-state index contributed by atoms with van der Waals surface area (Å²) in [5.74, 6) is -0.794. The van der Waals surface area contributed by atoms with Gasteiger partial charge in [-0.2, -0.15) is 8.78 Å². The summed E-state index contributed by atoms with van der Waals surface area (Å²) in [6, 6.07) is 18.9. The number of para-hydroxylation sites is 1. The molecule has 5 aromatic rings. The third-order valence-corrected chi connectivity index (χ3v) is 7.28. The number of thiophene rings is 1. The number of nitrogen functional groups attached to an aromatic ring is 1. The number of halogens is 3. The summed E-state index contributed by atoms with van der Waals surface area (Å²) < 4.78 is 43.6. The predicted molar refractivity (Wildman–Crippen MR) is 134 cm³/mol. The summed E-state index contributed by atoms with van der Waals surface area (Å²) >= 11 is 2.58. The van der Waals surface area contributed by atoms with E-state index in [1.807, 2.05) is 24.3 Å². The molecule has 0 amide bonds. The van der Waals surface area contributed by atoms with E-state index in [2.05, 4.69) is 10.1 Å². The number of hydrogen-bond acceptors (Lipinski definition) is 7. The first-order valence-electron chi connectivity index (χ1n) is 10.3. The molecule has 2 heterocycles. The minimum atomic E-state index is -2.96. The highest BCUT2D eigenvalue weighted by atomic mass is 32.1. The quantitative estimate of drug-likeness (QED) is 0.224. The molecule has 5 nitrogen and oxygen atoms in total. The van der Waals surface area contributed by atoms with Gasteiger partial charge in [0.05, 0.1) is 21.5 Å². The van der Waals surface area contributed by atoms with Gasteiger partial charge in [0.15, 0.2) is 0 Å². The summed E-state index contributed by atoms with van der Waals surface area (Å²) in [6.07, 6.45) is 0. The molecule has 0 bridgehead atoms. The number of thiazole rings is 1. The Kier molecular flexibility index (Phi) is 6.14. The highest BCUT2D eigenvalue weighted by Crippen LogP contribution is 2.47. The van der Waals surface area contributed by atoms with Crippen LogP contribution in [-0.2, 0) is 0 Å². The zero-order valence-corrected chi connectivity index (χ0v) is 19.4. The monoisotopic (exact) mass is 511 g/mol. The Labute approximate surface area is 205 Å². The normalized spacial score (nSPS) is 11.2. The summed E-state index contributed by atoms with van der Waals surface area (Å²) in [7, 11) is 0. The molecule has 35 heavy (non-hydrogen) atoms. The highest BCUT2D eigenvalue weighted by molar-refractivity contribution is 7.23. The molecule has 0 unspecified atom stereocenters. The van der Waals surface area contributed by atoms with Crippen LogP contribution in [0.4, 0.5) is 29.5 Å². The molecule has 176 valence electrons. The molecule has 0 aliphatic heterocycles. The Morgan fingerprint density at radius 1 is 0.971 bits per heavy atom. The second-order valence-electron chi connectivity index (χ2n) is 7.40. The standard InChI is InChI=1S/C25H16F3N3O2S2/c26-14-7-9-15(10-8-14)30-23-19(24-31-17-3-1-2-4-18(17)34-24)20(29)22(35-23)21(32)13-5-11-16(12-6-13)33-25(27)28/h1-12,25,30H,29H2. The summed E-state index contributed by atoms with van der Waals surface area (Å²) in [6.45, 7) is -2.96. The lowest BCUT2D eigenvalue weighted by Gasteiger charge is -2.06. The van der Waals surface area contributed by atoms with Crippen LogP contribution in [0.5, 0.6) is 5.75 Å². The van der Waals surface area contributed by atoms with Gasteiger partial charge in [0.25, 0.3) is 0 Å². The van der Waals surface area contributed by atoms with Crippen LogP contribution in [-0.4, -0.2) is 17.4 Å². The number of fused-ring (bicyclic) bond motifs is 1. The Hall–Kier alpha value is -3.89. The van der Waals surface area contributed by atoms with E-state index in [4.69, 9.17) is 10.7 Å². The number of benzene rings is 3. The van der Waals surface area contributed by atoms with Gasteiger partial charge >= 0.3 is 6.61 Å². The van der Waals surface area contributed by atoms with Crippen LogP contribution in [0, 0.1) is 5.82 Å². The van der Waals surface area contributed by atoms with Crippen LogP contribution in [0.3, 0.4) is 0 Å². The number of aromatic nitrogens is 1. The van der Waals surface area contributed by atoms with E-state index in [-0.39, 0.29) is 33.5 Å². The topological polar surface area (TPSA) is 77.2 Å². The Morgan fingerprint density at radius 3 is 2.37 bits per heavy atom. The fourth-order valence-electron chi connectivity index (χ4n) is 3.48. The van der Waals surface area contributed by atoms with Crippen molar-refractivity contribution in [3.63, 3.8) is 0 Å². The molecule has 3 N–H and O–H groups in total. The molecule has 0 spiro atoms. The van der Waals surface area contributed by atoms with Gasteiger partial charge in [0.2, 0.25) is 5.78 Å². The predicted octanol–water partition coefficient (Wildman–Crippen LogP) is 7.32. The minimum absolute atomic E-state index is 0.0514. The molecule has 0 radical (unpaired) electrons. The lowest BCUT2D eigenvalue weighted by atomic mass is 10.1. The number of nitrogens with one attached hydrogen (secondary N) is 1. The van der Waals surface area contributed by atoms with E-state index in [0.29, 0.717) is 21.3 Å². The smallest absolute Gasteiger partial charge is 0.387 e. The summed E-state index contributed by atoms with van der Waals surface area (Å²) in [5.41, 5.74) is 9.00. The van der Waals surface area contributed by atoms with Crippen molar-refractivity contribution < 1.29 is 22.7 Å². The van der Waals surface area contributed by atoms with Crippen molar-refractivity contribution in [1.82, 2.24) is 4.98 Å². The number of nitrogens with zero attached hydrogens (tertiary/aromatic N) is 1. The lowest BCUT2D eigenvalue weighted by Crippen LogP contribution is -2.04. The molecule has 0 aliphatic carbocycles. The maximum atomic E-state index is 13.4. The maximum absolute atomic E-state index is 13.4. The molecule has 5 rings (SSSR count). The van der Waals surface area contributed by atoms with Crippen molar-refractivity contribution in [2.24, 2.45) is 0 Å². The molecular weight excluding hydrogens is 495 g/mol. The molecule has 0 saturated carbocycles. The van der Waals surface area contributed by atoms with Crippen molar-refractivity contribution in [1.29, 1.82) is 0 Å². The van der Waals surface area contributed by atoms with Gasteiger partial charge in [-0.1, -0.05) is 12.1 Å². The second kappa shape index (κ2) is 9.40. The van der Waals surface area contributed by atoms with Gasteiger partial charge < -0.3 is 15.8 Å². The Balaban J connectivity index is 1.57. The number of carbonyl (C=O) groups is 1. The molecular formula is C25H16F3N3O2S2. The Bertz CT molecular complexity index is 1480. The molecule has 2 aromatic heterocycles. The minimum Gasteiger partial charge on any atom is -0.435 e. The average Bonchev–Trinajstić information content (AvgIpc) is 3.40. The van der Waals surface area contributed by atoms with Crippen molar-refractivity contribution in [3.05, 3.63) is 89.1 Å². The molecule has 0 saturated heterocycles. The van der Waals surface area contributed by atoms with Crippen LogP contribution in [0.15, 0.2) is 72.8 Å². The average molecular weight is 512 g/mol. The van der Waals surface area contributed by atoms with Crippen molar-refractivity contribution in [2.75, 3.05) is 11.1 Å². The fraction of sp³-hybridized carbons (Fsp3) is 0.0400. The van der Waals surface area contributed by atoms with Gasteiger partial charge in [-0.3, -0.25) is 4.79 Å². The molecule has 0 atom stereocenters. The van der Waals surface area contributed by atoms with Crippen molar-refractivity contribution in [3.8, 4) is 16.3 Å². The largest absolute Gasteiger partial charge is 0.435 e. The van der Waals surface area contributed by atoms with Gasteiger partial charge in [-0.05, 0) is 60.7 Å². The zero-order chi connectivity index (χ0) is 24.5. The second-order valence-corrected chi connectivity index (χ2v) is 9.45. The van der Waals surface area contributed by atoms with E-state index in [0.717, 1.165) is 21.6 Å². The zero-order valence-electron chi connectivity index (χ0n) is 17.8. The van der Waals surface area contributed by atoms with E-state index < -0.39 is 6.61 Å². The number of ether oxygens (including phenoxy) is 1. The van der Waals surface area contributed by atoms with Crippen molar-refractivity contribution in [2.45, 2.75) is 6.61 Å². The first-order valence-corrected chi connectivity index (χ1v) is 11.9. The number of alkyl halides is 2. The van der Waals surface area contributed by atoms with Gasteiger partial charge in [0.1, 0.15) is 26.5 Å². The first kappa shape index (κ1) is 22.9. The van der Waals surface area contributed by atoms with Crippen LogP contribution < -0.4 is 15.8 Å². The molecule has 10 heteroatoms. The van der Waals surface area contributed by atoms with Crippen molar-refractivity contribution >= 4 is 55.0 Å². The molecule has 0 fully saturated rings. The highest BCUT2D eigenvalue weighted by Gasteiger charge is 2.25. The third-order valence-electron chi connectivity index (χ3n) is 5.10. The number of carbonyl (C=O) groups excluding carboxylic acids is 1. The van der Waals surface area contributed by atoms with E-state index in [1.165, 1.54) is 47.7 Å². The summed E-state index contributed by atoms with van der Waals surface area (Å²) in [4.78, 5) is 18.3. The van der Waals surface area contributed by atoms with E-state index in [1.54, 1.807) is 12.1 Å². The van der Waals surface area contributed by atoms with E-state index in [9.17, 15) is 18.0 Å². The van der Waals surface area contributed by atoms with Crippen LogP contribution in [0.25, 0.3) is 20.8 Å². The number of rotatable bonds is 7. The number of nitrogens with two attached hydrogens (primary N) is 1. The lowest BCUT2D eigenvalue weighted by molar-refractivity contribution is -0.0498. The van der Waals surface area contributed by atoms with E-state index >= 15 is 0 Å². The van der Waals surface area contributed by atoms with Gasteiger partial charge in [-0.25, -0.2) is 9.37 Å². The fourth-order valence-corrected chi connectivity index (χ4v) is 5.68. The van der Waals surface area contributed by atoms with Crippen LogP contribution in [0.1, 0.15) is 15.2 Å². The van der Waals surface area contributed by atoms with Gasteiger partial charge in [0, 0.05) is 11.3 Å². The maximum Gasteiger partial charge on any atom is 0.387 e. The van der Waals surface area contributed by atoms with Gasteiger partial charge in [-0.15, -0.1) is 22.7 Å². The van der Waals surface area contributed by atoms with Crippen LogP contribution in [0.2, 0.25) is 0 Å². The third kappa shape index (κ3) is 4.71. The number of anilines is 3. The summed E-state index contributed by atoms with van der Waals surface area (Å²) in [5, 5.41) is 4.43.